The van der Waals surface area contributed by atoms with Crippen molar-refractivity contribution in [1.29, 1.82) is 0 Å². The minimum Gasteiger partial charge on any atom is -0.438 e. The molecule has 4 nitrogen and oxygen atoms in total. The van der Waals surface area contributed by atoms with Crippen LogP contribution in [0.2, 0.25) is 0 Å². The van der Waals surface area contributed by atoms with Gasteiger partial charge in [-0.3, -0.25) is 5.32 Å². The number of fused-ring (bicyclic) bond motifs is 2. The van der Waals surface area contributed by atoms with E-state index in [9.17, 15) is 4.79 Å². The van der Waals surface area contributed by atoms with Crippen LogP contribution in [0.3, 0.4) is 0 Å². The summed E-state index contributed by atoms with van der Waals surface area (Å²) in [5, 5.41) is 6.12. The van der Waals surface area contributed by atoms with Crippen LogP contribution in [0.4, 0.5) is 10.5 Å². The molecule has 1 amide bonds. The zero-order valence-corrected chi connectivity index (χ0v) is 9.66. The summed E-state index contributed by atoms with van der Waals surface area (Å²) in [5.41, 5.74) is 1.58. The lowest BCUT2D eigenvalue weighted by molar-refractivity contribution is 0.00144. The molecule has 2 aliphatic rings. The third-order valence-corrected chi connectivity index (χ3v) is 3.58. The molecular weight excluding hydrogens is 216 g/mol. The Morgan fingerprint density at radius 2 is 2.06 bits per heavy atom. The highest BCUT2D eigenvalue weighted by Crippen LogP contribution is 2.42. The van der Waals surface area contributed by atoms with Crippen molar-refractivity contribution in [2.45, 2.75) is 24.9 Å². The second-order valence-electron chi connectivity index (χ2n) is 4.66. The largest absolute Gasteiger partial charge is 0.438 e. The van der Waals surface area contributed by atoms with Gasteiger partial charge in [-0.1, -0.05) is 18.2 Å². The summed E-state index contributed by atoms with van der Waals surface area (Å²) in [6.45, 7) is 1.89. The van der Waals surface area contributed by atoms with Crippen LogP contribution in [0.25, 0.3) is 0 Å². The predicted octanol–water partition coefficient (Wildman–Crippen LogP) is 2.22. The Labute approximate surface area is 100 Å². The monoisotopic (exact) mass is 232 g/mol. The summed E-state index contributed by atoms with van der Waals surface area (Å²) < 4.78 is 5.63. The lowest BCUT2D eigenvalue weighted by atomic mass is 9.84. The maximum absolute atomic E-state index is 11.7. The highest BCUT2D eigenvalue weighted by molar-refractivity contribution is 5.88. The van der Waals surface area contributed by atoms with Crippen molar-refractivity contribution < 1.29 is 9.53 Å². The molecule has 1 atom stereocenters. The Kier molecular flexibility index (Phi) is 2.52. The van der Waals surface area contributed by atoms with Crippen molar-refractivity contribution in [3.63, 3.8) is 0 Å². The highest BCUT2D eigenvalue weighted by atomic mass is 16.6. The van der Waals surface area contributed by atoms with E-state index in [-0.39, 0.29) is 6.09 Å². The number of carbonyl (C=O) groups is 1. The fraction of sp³-hybridized carbons (Fsp3) is 0.462. The van der Waals surface area contributed by atoms with Crippen molar-refractivity contribution in [2.24, 2.45) is 0 Å². The minimum absolute atomic E-state index is 0.328. The Balaban J connectivity index is 2.06. The molecule has 2 aliphatic heterocycles. The maximum Gasteiger partial charge on any atom is 0.412 e. The van der Waals surface area contributed by atoms with Gasteiger partial charge in [0, 0.05) is 12.0 Å². The zero-order chi connectivity index (χ0) is 11.7. The van der Waals surface area contributed by atoms with E-state index >= 15 is 0 Å². The predicted molar refractivity (Wildman–Crippen MR) is 64.9 cm³/mol. The molecular formula is C13H16N2O2. The number of amides is 1. The highest BCUT2D eigenvalue weighted by Gasteiger charge is 2.41. The maximum atomic E-state index is 11.7. The molecule has 1 aromatic carbocycles. The lowest BCUT2D eigenvalue weighted by Gasteiger charge is -2.37. The van der Waals surface area contributed by atoms with Crippen molar-refractivity contribution in [2.75, 3.05) is 18.4 Å². The summed E-state index contributed by atoms with van der Waals surface area (Å²) in [6.07, 6.45) is 2.44. The lowest BCUT2D eigenvalue weighted by Crippen LogP contribution is -2.40. The number of rotatable bonds is 0. The molecule has 90 valence electrons. The number of ether oxygens (including phenoxy) is 1. The van der Waals surface area contributed by atoms with Crippen LogP contribution in [0, 0.1) is 0 Å². The van der Waals surface area contributed by atoms with E-state index < -0.39 is 5.60 Å². The van der Waals surface area contributed by atoms with Gasteiger partial charge in [0.15, 0.2) is 0 Å². The molecule has 0 bridgehead atoms. The minimum atomic E-state index is -0.428. The van der Waals surface area contributed by atoms with E-state index in [2.05, 4.69) is 16.7 Å². The van der Waals surface area contributed by atoms with Gasteiger partial charge in [-0.05, 0) is 32.0 Å². The van der Waals surface area contributed by atoms with Crippen LogP contribution >= 0.6 is 0 Å². The first-order valence-corrected chi connectivity index (χ1v) is 6.10. The quantitative estimate of drug-likeness (QED) is 0.721. The van der Waals surface area contributed by atoms with Gasteiger partial charge in [0.2, 0.25) is 0 Å². The van der Waals surface area contributed by atoms with Crippen LogP contribution in [-0.4, -0.2) is 19.2 Å². The molecule has 3 rings (SSSR count). The fourth-order valence-electron chi connectivity index (χ4n) is 2.77. The van der Waals surface area contributed by atoms with Gasteiger partial charge in [0.1, 0.15) is 5.60 Å². The second-order valence-corrected chi connectivity index (χ2v) is 4.66. The topological polar surface area (TPSA) is 50.4 Å². The zero-order valence-electron chi connectivity index (χ0n) is 9.66. The van der Waals surface area contributed by atoms with Gasteiger partial charge in [-0.15, -0.1) is 0 Å². The molecule has 0 aliphatic carbocycles. The molecule has 1 aromatic rings. The Hall–Kier alpha value is -1.55. The van der Waals surface area contributed by atoms with Crippen molar-refractivity contribution in [3.05, 3.63) is 29.8 Å². The number of anilines is 1. The number of nitrogens with one attached hydrogen (secondary N) is 2. The smallest absolute Gasteiger partial charge is 0.412 e. The summed E-state index contributed by atoms with van der Waals surface area (Å²) in [7, 11) is 0. The van der Waals surface area contributed by atoms with E-state index in [0.717, 1.165) is 43.6 Å². The molecule has 1 fully saturated rings. The Morgan fingerprint density at radius 3 is 3.00 bits per heavy atom. The van der Waals surface area contributed by atoms with Gasteiger partial charge < -0.3 is 10.1 Å². The van der Waals surface area contributed by atoms with Crippen LogP contribution in [-0.2, 0) is 10.3 Å². The van der Waals surface area contributed by atoms with Crippen LogP contribution in [0.5, 0.6) is 0 Å². The summed E-state index contributed by atoms with van der Waals surface area (Å²) >= 11 is 0. The van der Waals surface area contributed by atoms with Crippen molar-refractivity contribution >= 4 is 11.8 Å². The third kappa shape index (κ3) is 1.78. The molecule has 0 radical (unpaired) electrons. The van der Waals surface area contributed by atoms with Crippen LogP contribution < -0.4 is 10.6 Å². The molecule has 0 saturated carbocycles. The van der Waals surface area contributed by atoms with E-state index in [4.69, 9.17) is 4.74 Å². The van der Waals surface area contributed by atoms with Gasteiger partial charge in [0.05, 0.1) is 5.69 Å². The molecule has 1 saturated heterocycles. The fourth-order valence-corrected chi connectivity index (χ4v) is 2.77. The van der Waals surface area contributed by atoms with E-state index in [1.807, 2.05) is 18.2 Å². The number of hydrogen-bond acceptors (Lipinski definition) is 3. The number of carbonyl (C=O) groups excluding carboxylic acids is 1. The van der Waals surface area contributed by atoms with Crippen LogP contribution in [0.15, 0.2) is 24.3 Å². The average Bonchev–Trinajstić information content (AvgIpc) is 2.55. The molecule has 2 N–H and O–H groups in total. The van der Waals surface area contributed by atoms with Gasteiger partial charge in [-0.2, -0.15) is 0 Å². The molecule has 4 heteroatoms. The van der Waals surface area contributed by atoms with E-state index in [1.165, 1.54) is 0 Å². The Morgan fingerprint density at radius 1 is 1.18 bits per heavy atom. The van der Waals surface area contributed by atoms with E-state index in [0.29, 0.717) is 0 Å². The first-order chi connectivity index (χ1) is 8.30. The summed E-state index contributed by atoms with van der Waals surface area (Å²) in [4.78, 5) is 11.7. The first-order valence-electron chi connectivity index (χ1n) is 6.10. The number of hydrogen-bond donors (Lipinski definition) is 2. The standard InChI is InChI=1S/C13H16N2O2/c16-12-15-11-5-2-1-4-10(11)13(17-12)6-3-8-14-9-7-13/h1-2,4-5,14H,3,6-9H2,(H,15,16). The average molecular weight is 232 g/mol. The summed E-state index contributed by atoms with van der Waals surface area (Å²) in [5.74, 6) is 0. The first kappa shape index (κ1) is 10.6. The second kappa shape index (κ2) is 4.04. The van der Waals surface area contributed by atoms with Crippen LogP contribution in [0.1, 0.15) is 24.8 Å². The molecule has 2 heterocycles. The summed E-state index contributed by atoms with van der Waals surface area (Å²) in [6, 6.07) is 7.93. The Bertz CT molecular complexity index is 437. The van der Waals surface area contributed by atoms with Crippen molar-refractivity contribution in [3.8, 4) is 0 Å². The number of para-hydroxylation sites is 1. The van der Waals surface area contributed by atoms with Gasteiger partial charge >= 0.3 is 6.09 Å². The molecule has 0 aromatic heterocycles. The van der Waals surface area contributed by atoms with Gasteiger partial charge in [0.25, 0.3) is 0 Å². The van der Waals surface area contributed by atoms with Crippen molar-refractivity contribution in [1.82, 2.24) is 5.32 Å². The van der Waals surface area contributed by atoms with Gasteiger partial charge in [-0.25, -0.2) is 4.79 Å². The van der Waals surface area contributed by atoms with E-state index in [1.54, 1.807) is 0 Å². The molecule has 1 spiro atoms. The SMILES string of the molecule is O=C1Nc2ccccc2C2(CCCNCC2)O1. The third-order valence-electron chi connectivity index (χ3n) is 3.58. The molecule has 17 heavy (non-hydrogen) atoms. The molecule has 1 unspecified atom stereocenters. The number of benzene rings is 1. The normalized spacial score (nSPS) is 27.9.